The van der Waals surface area contributed by atoms with E-state index in [9.17, 15) is 0 Å². The van der Waals surface area contributed by atoms with Gasteiger partial charge >= 0.3 is 0 Å². The molecule has 6 heteroatoms. The van der Waals surface area contributed by atoms with E-state index in [-0.39, 0.29) is 136 Å². The molecular weight excluding hydrogens is 804 g/mol. The van der Waals surface area contributed by atoms with E-state index in [1.165, 1.54) is 0 Å². The Bertz CT molecular complexity index is 62.5. The van der Waals surface area contributed by atoms with E-state index in [1.54, 1.807) is 6.92 Å². The predicted molar refractivity (Wildman–Crippen MR) is 139 cm³/mol. The Kier molecular flexibility index (Phi) is 2130. The van der Waals surface area contributed by atoms with E-state index in [4.69, 9.17) is 10.5 Å². The van der Waals surface area contributed by atoms with Gasteiger partial charge in [-0.1, -0.05) is 88.1 Å². The molecule has 0 heterocycles. The minimum absolute atomic E-state index is 0. The molecule has 0 rings (SSSR count). The number of hydrogen-bond donors (Lipinski definition) is 2. The monoisotopic (exact) mass is 874 g/mol. The first-order valence-electron chi connectivity index (χ1n) is 5.06. The topological polar surface area (TPSA) is 58.9 Å². The maximum Gasteiger partial charge on any atom is 0.0817 e. The molecule has 28 heavy (non-hydrogen) atoms. The van der Waals surface area contributed by atoms with E-state index < -0.39 is 0 Å². The quantitative estimate of drug-likeness (QED) is 0.128. The van der Waals surface area contributed by atoms with Crippen LogP contribution in [0.2, 0.25) is 0 Å². The molecule has 4 nitrogen and oxygen atoms in total. The fraction of sp³-hybridized carbons (Fsp3) is 0.773. The van der Waals surface area contributed by atoms with Crippen LogP contribution in [0.3, 0.4) is 0 Å². The van der Waals surface area contributed by atoms with Crippen LogP contribution < -0.4 is 0 Å². The van der Waals surface area contributed by atoms with Crippen molar-refractivity contribution in [2.75, 3.05) is 13.2 Å². The van der Waals surface area contributed by atoms with Gasteiger partial charge in [-0.2, -0.15) is 6.92 Å². The van der Waals surface area contributed by atoms with Crippen LogP contribution >= 0.6 is 0 Å². The molecule has 0 spiro atoms. The predicted octanol–water partition coefficient (Wildman–Crippen LogP) is 10.6. The summed E-state index contributed by atoms with van der Waals surface area (Å²) in [6.45, 7) is 21.7. The van der Waals surface area contributed by atoms with Gasteiger partial charge in [-0.3, -0.25) is 10.5 Å². The fourth-order valence-corrected chi connectivity index (χ4v) is 0.183. The average molecular weight is 874 g/mol. The second kappa shape index (κ2) is 388. The first-order valence-corrected chi connectivity index (χ1v) is 5.06. The van der Waals surface area contributed by atoms with Crippen molar-refractivity contribution in [2.45, 2.75) is 108 Å². The molecule has 0 fully saturated rings. The van der Waals surface area contributed by atoms with Gasteiger partial charge in [-0.15, -0.1) is 26.3 Å². The van der Waals surface area contributed by atoms with E-state index in [1.807, 2.05) is 13.8 Å². The van der Waals surface area contributed by atoms with Crippen LogP contribution in [0.4, 0.5) is 0 Å². The van der Waals surface area contributed by atoms with Gasteiger partial charge in [0.15, 0.2) is 0 Å². The maximum atomic E-state index is 7.57. The van der Waals surface area contributed by atoms with Crippen molar-refractivity contribution in [1.82, 2.24) is 0 Å². The number of hydrogen-bond acceptors (Lipinski definition) is 4. The van der Waals surface area contributed by atoms with E-state index in [0.29, 0.717) is 13.2 Å². The van der Waals surface area contributed by atoms with Gasteiger partial charge in [-0.05, 0) is 12.8 Å². The van der Waals surface area contributed by atoms with Crippen molar-refractivity contribution in [2.24, 2.45) is 0 Å². The van der Waals surface area contributed by atoms with Crippen molar-refractivity contribution in [3.63, 3.8) is 0 Å². The smallest absolute Gasteiger partial charge is 0.0817 e. The summed E-state index contributed by atoms with van der Waals surface area (Å²) in [5.74, 6) is 0. The minimum Gasteiger partial charge on any atom is -0.346 e. The molecule has 0 aromatic rings. The van der Waals surface area contributed by atoms with Crippen molar-refractivity contribution in [3.8, 4) is 0 Å². The summed E-state index contributed by atoms with van der Waals surface area (Å²) < 4.78 is 0. The second-order valence-corrected chi connectivity index (χ2v) is 1.67. The molecule has 0 bridgehead atoms. The van der Waals surface area contributed by atoms with Gasteiger partial charge in [0.05, 0.1) is 13.2 Å². The van der Waals surface area contributed by atoms with E-state index in [0.717, 1.165) is 12.8 Å². The molecule has 0 radical (unpaired) electrons. The summed E-state index contributed by atoms with van der Waals surface area (Å²) in [5, 5.41) is 15.1. The molecule has 0 saturated heterocycles. The Morgan fingerprint density at radius 3 is 0.643 bits per heavy atom. The molecule has 0 aliphatic rings. The molecular formula is C22H69O4U2-. The van der Waals surface area contributed by atoms with Gasteiger partial charge < -0.3 is 6.92 Å². The Hall–Kier alpha value is 1.42. The summed E-state index contributed by atoms with van der Waals surface area (Å²) in [7, 11) is 0. The maximum absolute atomic E-state index is 7.57. The summed E-state index contributed by atoms with van der Waals surface area (Å²) in [4.78, 5) is 7.38. The van der Waals surface area contributed by atoms with Gasteiger partial charge in [0.2, 0.25) is 0 Å². The molecule has 2 N–H and O–H groups in total. The third-order valence-corrected chi connectivity index (χ3v) is 0.591. The first kappa shape index (κ1) is 154. The molecule has 0 atom stereocenters. The van der Waals surface area contributed by atoms with Crippen LogP contribution in [0.1, 0.15) is 108 Å². The second-order valence-electron chi connectivity index (χ2n) is 1.67. The zero-order valence-electron chi connectivity index (χ0n) is 12.1. The Morgan fingerprint density at radius 2 is 0.643 bits per heavy atom. The molecule has 0 aliphatic carbocycles. The average Bonchev–Trinajstić information content (AvgIpc) is 2.39. The van der Waals surface area contributed by atoms with Crippen LogP contribution in [-0.4, -0.2) is 23.7 Å². The van der Waals surface area contributed by atoms with Gasteiger partial charge in [0, 0.05) is 62.2 Å². The van der Waals surface area contributed by atoms with Gasteiger partial charge in [0.1, 0.15) is 0 Å². The van der Waals surface area contributed by atoms with Gasteiger partial charge in [0.25, 0.3) is 0 Å². The summed E-state index contributed by atoms with van der Waals surface area (Å²) in [5.41, 5.74) is 0. The van der Waals surface area contributed by atoms with Crippen molar-refractivity contribution >= 4 is 0 Å². The Balaban J connectivity index is -0.00000000340. The third-order valence-electron chi connectivity index (χ3n) is 0.591. The minimum atomic E-state index is 0. The fourth-order valence-electron chi connectivity index (χ4n) is 0.183. The van der Waals surface area contributed by atoms with Crippen LogP contribution in [-0.2, 0) is 9.78 Å². The van der Waals surface area contributed by atoms with E-state index in [2.05, 4.69) is 43.0 Å². The molecule has 0 aliphatic heterocycles. The van der Waals surface area contributed by atoms with Crippen LogP contribution in [0, 0.1) is 69.2 Å². The first-order chi connectivity index (χ1) is 7.83. The van der Waals surface area contributed by atoms with Crippen molar-refractivity contribution in [1.29, 1.82) is 0 Å². The summed E-state index contributed by atoms with van der Waals surface area (Å²) in [6, 6.07) is 0. The van der Waals surface area contributed by atoms with Crippen LogP contribution in [0.15, 0.2) is 26.3 Å². The molecule has 0 aromatic carbocycles. The zero-order chi connectivity index (χ0) is 14.2. The Morgan fingerprint density at radius 1 is 0.536 bits per heavy atom. The van der Waals surface area contributed by atoms with Crippen molar-refractivity contribution in [3.05, 3.63) is 33.2 Å². The molecule has 0 saturated carbocycles. The normalized spacial score (nSPS) is 3.50. The molecule has 0 unspecified atom stereocenters. The zero-order valence-corrected chi connectivity index (χ0v) is 20.4. The molecule has 0 amide bonds. The summed E-state index contributed by atoms with van der Waals surface area (Å²) >= 11 is 0. The third kappa shape index (κ3) is 651. The van der Waals surface area contributed by atoms with Crippen LogP contribution in [0.5, 0.6) is 0 Å². The van der Waals surface area contributed by atoms with Crippen molar-refractivity contribution < 1.29 is 82.5 Å². The standard InChI is InChI=1S/2C3H8O2.C2H5.2C2H4.10CH4.2U/c2*1-2-3-5-4;3*1-2;;;;;;;;;;;;/h2*4H,2-3H2,1H3;1H2,2H3;2*1-2H2;10*1H4;;/q;;-1;;;;;;;;;;;;;;. The van der Waals surface area contributed by atoms with E-state index >= 15 is 0 Å². The largest absolute Gasteiger partial charge is 0.346 e. The molecule has 190 valence electrons. The molecule has 0 aromatic heterocycles. The summed E-state index contributed by atoms with van der Waals surface area (Å²) in [6.07, 6.45) is 1.74. The van der Waals surface area contributed by atoms with Crippen LogP contribution in [0.25, 0.3) is 0 Å². The van der Waals surface area contributed by atoms with Gasteiger partial charge in [-0.25, -0.2) is 9.78 Å². The number of rotatable bonds is 4. The SMILES string of the molecule is C.C.C.C.C.C.C.C.C.C.C=C.C=C.CCCOO.CCCOO.[CH2-]C.[U].[U]. The Labute approximate surface area is 235 Å².